The fourth-order valence-electron chi connectivity index (χ4n) is 4.05. The molecule has 1 aliphatic heterocycles. The molecular weight excluding hydrogens is 380 g/mol. The Kier molecular flexibility index (Phi) is 5.28. The van der Waals surface area contributed by atoms with Crippen LogP contribution in [0.3, 0.4) is 0 Å². The van der Waals surface area contributed by atoms with Crippen molar-refractivity contribution < 1.29 is 9.53 Å². The number of ether oxygens (including phenoxy) is 1. The zero-order valence-electron chi connectivity index (χ0n) is 17.9. The van der Waals surface area contributed by atoms with E-state index in [1.807, 2.05) is 38.1 Å². The maximum absolute atomic E-state index is 13.2. The molecule has 2 aromatic carbocycles. The van der Waals surface area contributed by atoms with Gasteiger partial charge in [0.1, 0.15) is 5.75 Å². The molecule has 0 aliphatic carbocycles. The highest BCUT2D eigenvalue weighted by Gasteiger charge is 2.22. The summed E-state index contributed by atoms with van der Waals surface area (Å²) in [6.07, 6.45) is 2.20. The summed E-state index contributed by atoms with van der Waals surface area (Å²) >= 11 is 0. The number of nitrogens with one attached hydrogen (secondary N) is 1. The van der Waals surface area contributed by atoms with Crippen LogP contribution in [0.15, 0.2) is 41.2 Å². The number of fused-ring (bicyclic) bond motifs is 1. The SMILES string of the molecule is CC(C)Oc1ccccc1C(=O)Nc1cc2c(cc1N1CCCC1)n(C)c(=O)n2C. The van der Waals surface area contributed by atoms with Gasteiger partial charge in [0.05, 0.1) is 34.1 Å². The van der Waals surface area contributed by atoms with Gasteiger partial charge in [-0.3, -0.25) is 13.9 Å². The summed E-state index contributed by atoms with van der Waals surface area (Å²) in [4.78, 5) is 27.9. The van der Waals surface area contributed by atoms with E-state index in [-0.39, 0.29) is 17.7 Å². The number of para-hydroxylation sites is 1. The first-order valence-corrected chi connectivity index (χ1v) is 10.4. The zero-order valence-corrected chi connectivity index (χ0v) is 17.9. The van der Waals surface area contributed by atoms with Gasteiger partial charge in [-0.05, 0) is 51.0 Å². The Morgan fingerprint density at radius 1 is 1.03 bits per heavy atom. The van der Waals surface area contributed by atoms with Crippen LogP contribution in [0.1, 0.15) is 37.0 Å². The van der Waals surface area contributed by atoms with Crippen LogP contribution < -0.4 is 20.6 Å². The molecule has 0 bridgehead atoms. The molecule has 7 heteroatoms. The Morgan fingerprint density at radius 2 is 1.67 bits per heavy atom. The highest BCUT2D eigenvalue weighted by molar-refractivity contribution is 6.09. The second-order valence-corrected chi connectivity index (χ2v) is 8.07. The average Bonchev–Trinajstić information content (AvgIpc) is 3.32. The first kappa shape index (κ1) is 20.1. The number of benzene rings is 2. The molecule has 7 nitrogen and oxygen atoms in total. The third-order valence-corrected chi connectivity index (χ3v) is 5.58. The molecule has 30 heavy (non-hydrogen) atoms. The van der Waals surface area contributed by atoms with Gasteiger partial charge in [-0.1, -0.05) is 12.1 Å². The van der Waals surface area contributed by atoms with Crippen molar-refractivity contribution in [3.63, 3.8) is 0 Å². The normalized spacial score (nSPS) is 14.0. The van der Waals surface area contributed by atoms with Crippen molar-refractivity contribution in [2.45, 2.75) is 32.8 Å². The fraction of sp³-hybridized carbons (Fsp3) is 0.391. The molecule has 1 aliphatic rings. The van der Waals surface area contributed by atoms with E-state index < -0.39 is 0 Å². The maximum Gasteiger partial charge on any atom is 0.328 e. The smallest absolute Gasteiger partial charge is 0.328 e. The molecule has 4 rings (SSSR count). The second-order valence-electron chi connectivity index (χ2n) is 8.07. The lowest BCUT2D eigenvalue weighted by molar-refractivity contribution is 0.102. The van der Waals surface area contributed by atoms with Crippen LogP contribution >= 0.6 is 0 Å². The van der Waals surface area contributed by atoms with E-state index >= 15 is 0 Å². The molecule has 0 atom stereocenters. The maximum atomic E-state index is 13.2. The lowest BCUT2D eigenvalue weighted by Gasteiger charge is -2.22. The fourth-order valence-corrected chi connectivity index (χ4v) is 4.05. The largest absolute Gasteiger partial charge is 0.490 e. The van der Waals surface area contributed by atoms with Crippen molar-refractivity contribution in [3.8, 4) is 5.75 Å². The molecule has 1 amide bonds. The molecule has 0 saturated carbocycles. The number of imidazole rings is 1. The summed E-state index contributed by atoms with van der Waals surface area (Å²) < 4.78 is 9.07. The highest BCUT2D eigenvalue weighted by atomic mass is 16.5. The number of carbonyl (C=O) groups excluding carboxylic acids is 1. The molecule has 0 spiro atoms. The third-order valence-electron chi connectivity index (χ3n) is 5.58. The first-order valence-electron chi connectivity index (χ1n) is 10.4. The van der Waals surface area contributed by atoms with Crippen molar-refractivity contribution in [1.82, 2.24) is 9.13 Å². The molecule has 1 N–H and O–H groups in total. The number of anilines is 2. The van der Waals surface area contributed by atoms with Crippen LogP contribution in [0.5, 0.6) is 5.75 Å². The average molecular weight is 409 g/mol. The van der Waals surface area contributed by atoms with Gasteiger partial charge in [-0.15, -0.1) is 0 Å². The van der Waals surface area contributed by atoms with Gasteiger partial charge in [-0.25, -0.2) is 4.79 Å². The minimum absolute atomic E-state index is 0.0331. The lowest BCUT2D eigenvalue weighted by atomic mass is 10.1. The molecule has 0 unspecified atom stereocenters. The van der Waals surface area contributed by atoms with E-state index in [0.717, 1.165) is 42.7 Å². The van der Waals surface area contributed by atoms with Gasteiger partial charge in [-0.2, -0.15) is 0 Å². The van der Waals surface area contributed by atoms with Gasteiger partial charge >= 0.3 is 5.69 Å². The number of amides is 1. The van der Waals surface area contributed by atoms with Crippen molar-refractivity contribution in [1.29, 1.82) is 0 Å². The van der Waals surface area contributed by atoms with E-state index in [0.29, 0.717) is 17.0 Å². The Hall–Kier alpha value is -3.22. The molecular formula is C23H28N4O3. The minimum atomic E-state index is -0.230. The number of aromatic nitrogens is 2. The van der Waals surface area contributed by atoms with Crippen LogP contribution in [0.2, 0.25) is 0 Å². The summed E-state index contributed by atoms with van der Waals surface area (Å²) in [5, 5.41) is 3.08. The number of hydrogen-bond acceptors (Lipinski definition) is 4. The zero-order chi connectivity index (χ0) is 21.4. The number of nitrogens with zero attached hydrogens (tertiary/aromatic N) is 3. The first-order chi connectivity index (χ1) is 14.4. The predicted octanol–water partition coefficient (Wildman–Crippen LogP) is 3.52. The summed E-state index contributed by atoms with van der Waals surface area (Å²) in [7, 11) is 3.52. The summed E-state index contributed by atoms with van der Waals surface area (Å²) in [5.74, 6) is 0.327. The van der Waals surface area contributed by atoms with Gasteiger partial charge in [0.25, 0.3) is 5.91 Å². The third kappa shape index (κ3) is 3.56. The number of rotatable bonds is 5. The van der Waals surface area contributed by atoms with E-state index in [2.05, 4.69) is 10.2 Å². The number of carbonyl (C=O) groups is 1. The van der Waals surface area contributed by atoms with Crippen LogP contribution in [0, 0.1) is 0 Å². The highest BCUT2D eigenvalue weighted by Crippen LogP contribution is 2.34. The van der Waals surface area contributed by atoms with Gasteiger partial charge in [0.2, 0.25) is 0 Å². The van der Waals surface area contributed by atoms with Gasteiger partial charge < -0.3 is 15.0 Å². The summed E-state index contributed by atoms with van der Waals surface area (Å²) in [6, 6.07) is 11.2. The van der Waals surface area contributed by atoms with E-state index in [9.17, 15) is 9.59 Å². The summed E-state index contributed by atoms with van der Waals surface area (Å²) in [5.41, 5.74) is 3.68. The van der Waals surface area contributed by atoms with Crippen LogP contribution in [-0.4, -0.2) is 34.2 Å². The second kappa shape index (κ2) is 7.89. The Balaban J connectivity index is 1.78. The van der Waals surface area contributed by atoms with E-state index in [1.165, 1.54) is 0 Å². The van der Waals surface area contributed by atoms with E-state index in [1.54, 1.807) is 35.4 Å². The minimum Gasteiger partial charge on any atom is -0.490 e. The van der Waals surface area contributed by atoms with Crippen molar-refractivity contribution in [2.24, 2.45) is 14.1 Å². The number of aryl methyl sites for hydroxylation is 2. The molecule has 2 heterocycles. The van der Waals surface area contributed by atoms with Crippen molar-refractivity contribution in [2.75, 3.05) is 23.3 Å². The van der Waals surface area contributed by atoms with Gasteiger partial charge in [0.15, 0.2) is 0 Å². The molecule has 1 fully saturated rings. The van der Waals surface area contributed by atoms with Crippen LogP contribution in [-0.2, 0) is 14.1 Å². The predicted molar refractivity (Wildman–Crippen MR) is 120 cm³/mol. The quantitative estimate of drug-likeness (QED) is 0.701. The van der Waals surface area contributed by atoms with Crippen LogP contribution in [0.25, 0.3) is 11.0 Å². The molecule has 0 radical (unpaired) electrons. The standard InChI is InChI=1S/C23H28N4O3/c1-15(2)30-21-10-6-5-9-16(21)22(28)24-17-13-19-20(26(4)23(29)25(19)3)14-18(17)27-11-7-8-12-27/h5-6,9-10,13-15H,7-8,11-12H2,1-4H3,(H,24,28). The van der Waals surface area contributed by atoms with Gasteiger partial charge in [0, 0.05) is 27.2 Å². The Labute approximate surface area is 175 Å². The van der Waals surface area contributed by atoms with E-state index in [4.69, 9.17) is 4.74 Å². The molecule has 3 aromatic rings. The number of hydrogen-bond donors (Lipinski definition) is 1. The van der Waals surface area contributed by atoms with Crippen LogP contribution in [0.4, 0.5) is 11.4 Å². The van der Waals surface area contributed by atoms with Crippen molar-refractivity contribution in [3.05, 3.63) is 52.4 Å². The Morgan fingerprint density at radius 3 is 2.33 bits per heavy atom. The molecule has 1 saturated heterocycles. The summed E-state index contributed by atoms with van der Waals surface area (Å²) in [6.45, 7) is 5.73. The Bertz CT molecular complexity index is 1150. The molecule has 1 aromatic heterocycles. The monoisotopic (exact) mass is 408 g/mol. The molecule has 158 valence electrons. The topological polar surface area (TPSA) is 68.5 Å². The lowest BCUT2D eigenvalue weighted by Crippen LogP contribution is -2.22. The van der Waals surface area contributed by atoms with Crippen molar-refractivity contribution >= 4 is 28.3 Å².